The number of hydrogen-bond acceptors (Lipinski definition) is 4. The largest absolute Gasteiger partial charge is 0.466 e. The topological polar surface area (TPSA) is 44.8 Å². The summed E-state index contributed by atoms with van der Waals surface area (Å²) in [5.41, 5.74) is 0. The first-order chi connectivity index (χ1) is 9.72. The minimum Gasteiger partial charge on any atom is -0.466 e. The van der Waals surface area contributed by atoms with Crippen molar-refractivity contribution in [3.8, 4) is 0 Å². The lowest BCUT2D eigenvalue weighted by atomic mass is 9.85. The minimum atomic E-state index is -0.398. The maximum absolute atomic E-state index is 11.8. The van der Waals surface area contributed by atoms with E-state index in [9.17, 15) is 4.79 Å². The molecule has 0 amide bonds. The Balaban J connectivity index is 1.97. The second-order valence-electron chi connectivity index (χ2n) is 5.92. The number of hydrogen-bond donors (Lipinski definition) is 0. The van der Waals surface area contributed by atoms with E-state index in [4.69, 9.17) is 14.2 Å². The van der Waals surface area contributed by atoms with Crippen LogP contribution < -0.4 is 0 Å². The standard InChI is InChI=1S/C16H28O4/c1-3-5-6-7-14-13(12-15(17)18-4-2)8-9-16(14)19-10-11-20-16/h13-14H,3-12H2,1-2H3. The molecule has 1 saturated carbocycles. The summed E-state index contributed by atoms with van der Waals surface area (Å²) in [6.45, 7) is 5.91. The van der Waals surface area contributed by atoms with Crippen molar-refractivity contribution in [2.24, 2.45) is 11.8 Å². The van der Waals surface area contributed by atoms with Gasteiger partial charge in [0.1, 0.15) is 0 Å². The zero-order chi connectivity index (χ0) is 14.4. The van der Waals surface area contributed by atoms with Crippen LogP contribution in [0.25, 0.3) is 0 Å². The number of rotatable bonds is 7. The summed E-state index contributed by atoms with van der Waals surface area (Å²) >= 11 is 0. The van der Waals surface area contributed by atoms with Gasteiger partial charge in [0.2, 0.25) is 0 Å². The van der Waals surface area contributed by atoms with Gasteiger partial charge in [0.25, 0.3) is 0 Å². The first-order valence-corrected chi connectivity index (χ1v) is 8.15. The lowest BCUT2D eigenvalue weighted by molar-refractivity contribution is -0.188. The average Bonchev–Trinajstić information content (AvgIpc) is 3.02. The monoisotopic (exact) mass is 284 g/mol. The molecule has 1 aliphatic heterocycles. The quantitative estimate of drug-likeness (QED) is 0.531. The van der Waals surface area contributed by atoms with Crippen molar-refractivity contribution in [3.63, 3.8) is 0 Å². The molecule has 116 valence electrons. The number of ether oxygens (including phenoxy) is 3. The fourth-order valence-corrected chi connectivity index (χ4v) is 3.71. The number of carbonyl (C=O) groups excluding carboxylic acids is 1. The second kappa shape index (κ2) is 7.41. The summed E-state index contributed by atoms with van der Waals surface area (Å²) in [5.74, 6) is 0.225. The van der Waals surface area contributed by atoms with Crippen molar-refractivity contribution in [3.05, 3.63) is 0 Å². The molecule has 2 fully saturated rings. The Kier molecular flexibility index (Phi) is 5.85. The Morgan fingerprint density at radius 3 is 2.65 bits per heavy atom. The predicted octanol–water partition coefficient (Wildman–Crippen LogP) is 3.29. The minimum absolute atomic E-state index is 0.0759. The van der Waals surface area contributed by atoms with Crippen molar-refractivity contribution in [2.45, 2.75) is 64.6 Å². The Bertz CT molecular complexity index is 310. The van der Waals surface area contributed by atoms with Gasteiger partial charge < -0.3 is 14.2 Å². The lowest BCUT2D eigenvalue weighted by Gasteiger charge is -2.32. The molecule has 20 heavy (non-hydrogen) atoms. The maximum atomic E-state index is 11.8. The van der Waals surface area contributed by atoms with E-state index < -0.39 is 5.79 Å². The third kappa shape index (κ3) is 3.53. The molecule has 0 aromatic rings. The van der Waals surface area contributed by atoms with Gasteiger partial charge in [-0.25, -0.2) is 0 Å². The fraction of sp³-hybridized carbons (Fsp3) is 0.938. The zero-order valence-corrected chi connectivity index (χ0v) is 12.9. The van der Waals surface area contributed by atoms with Crippen LogP contribution in [0.4, 0.5) is 0 Å². The molecule has 0 aromatic heterocycles. The summed E-state index contributed by atoms with van der Waals surface area (Å²) in [5, 5.41) is 0. The number of carbonyl (C=O) groups is 1. The van der Waals surface area contributed by atoms with Gasteiger partial charge in [-0.1, -0.05) is 26.2 Å². The van der Waals surface area contributed by atoms with Crippen molar-refractivity contribution in [1.29, 1.82) is 0 Å². The smallest absolute Gasteiger partial charge is 0.306 e. The van der Waals surface area contributed by atoms with Gasteiger partial charge in [0, 0.05) is 18.8 Å². The van der Waals surface area contributed by atoms with Crippen LogP contribution in [0.5, 0.6) is 0 Å². The van der Waals surface area contributed by atoms with Crippen LogP contribution in [0.1, 0.15) is 58.8 Å². The van der Waals surface area contributed by atoms with Crippen molar-refractivity contribution < 1.29 is 19.0 Å². The molecule has 0 N–H and O–H groups in total. The number of esters is 1. The molecule has 1 spiro atoms. The number of unbranched alkanes of at least 4 members (excludes halogenated alkanes) is 2. The van der Waals surface area contributed by atoms with Gasteiger partial charge in [0.05, 0.1) is 19.8 Å². The van der Waals surface area contributed by atoms with Crippen LogP contribution in [0.2, 0.25) is 0 Å². The van der Waals surface area contributed by atoms with E-state index in [0.717, 1.165) is 19.3 Å². The van der Waals surface area contributed by atoms with E-state index in [-0.39, 0.29) is 5.97 Å². The summed E-state index contributed by atoms with van der Waals surface area (Å²) in [6, 6.07) is 0. The van der Waals surface area contributed by atoms with Crippen LogP contribution in [-0.4, -0.2) is 31.6 Å². The van der Waals surface area contributed by atoms with E-state index in [1.54, 1.807) is 0 Å². The molecule has 1 saturated heterocycles. The van der Waals surface area contributed by atoms with Crippen molar-refractivity contribution in [2.75, 3.05) is 19.8 Å². The van der Waals surface area contributed by atoms with E-state index in [2.05, 4.69) is 6.92 Å². The Hall–Kier alpha value is -0.610. The first kappa shape index (κ1) is 15.8. The van der Waals surface area contributed by atoms with Gasteiger partial charge in [-0.2, -0.15) is 0 Å². The van der Waals surface area contributed by atoms with E-state index in [1.807, 2.05) is 6.92 Å². The molecule has 0 aromatic carbocycles. The van der Waals surface area contributed by atoms with E-state index in [0.29, 0.717) is 38.1 Å². The van der Waals surface area contributed by atoms with Crippen LogP contribution in [0.3, 0.4) is 0 Å². The molecule has 0 bridgehead atoms. The maximum Gasteiger partial charge on any atom is 0.306 e. The molecule has 1 heterocycles. The summed E-state index contributed by atoms with van der Waals surface area (Å²) in [4.78, 5) is 11.8. The highest BCUT2D eigenvalue weighted by atomic mass is 16.7. The molecule has 2 atom stereocenters. The molecular formula is C16H28O4. The highest BCUT2D eigenvalue weighted by molar-refractivity contribution is 5.69. The predicted molar refractivity (Wildman–Crippen MR) is 76.2 cm³/mol. The highest BCUT2D eigenvalue weighted by Gasteiger charge is 2.52. The SMILES string of the molecule is CCCCCC1C(CC(=O)OCC)CCC12OCCO2. The second-order valence-corrected chi connectivity index (χ2v) is 5.92. The lowest BCUT2D eigenvalue weighted by Crippen LogP contribution is -2.37. The Labute approximate surface area is 122 Å². The molecule has 2 unspecified atom stereocenters. The van der Waals surface area contributed by atoms with Crippen molar-refractivity contribution >= 4 is 5.97 Å². The molecule has 4 heteroatoms. The molecule has 4 nitrogen and oxygen atoms in total. The van der Waals surface area contributed by atoms with Gasteiger partial charge in [0.15, 0.2) is 5.79 Å². The van der Waals surface area contributed by atoms with Crippen molar-refractivity contribution in [1.82, 2.24) is 0 Å². The van der Waals surface area contributed by atoms with Crippen LogP contribution in [0, 0.1) is 11.8 Å². The van der Waals surface area contributed by atoms with E-state index >= 15 is 0 Å². The van der Waals surface area contributed by atoms with Crippen LogP contribution in [0.15, 0.2) is 0 Å². The van der Waals surface area contributed by atoms with Gasteiger partial charge in [-0.3, -0.25) is 4.79 Å². The summed E-state index contributed by atoms with van der Waals surface area (Å²) in [6.07, 6.45) is 7.18. The van der Waals surface area contributed by atoms with E-state index in [1.165, 1.54) is 19.3 Å². The Morgan fingerprint density at radius 2 is 2.00 bits per heavy atom. The summed E-state index contributed by atoms with van der Waals surface area (Å²) < 4.78 is 17.0. The average molecular weight is 284 g/mol. The molecule has 2 aliphatic rings. The fourth-order valence-electron chi connectivity index (χ4n) is 3.71. The molecular weight excluding hydrogens is 256 g/mol. The van der Waals surface area contributed by atoms with Crippen LogP contribution in [-0.2, 0) is 19.0 Å². The first-order valence-electron chi connectivity index (χ1n) is 8.15. The normalized spacial score (nSPS) is 28.1. The highest BCUT2D eigenvalue weighted by Crippen LogP contribution is 2.49. The van der Waals surface area contributed by atoms with Crippen LogP contribution >= 0.6 is 0 Å². The third-order valence-corrected chi connectivity index (χ3v) is 4.63. The van der Waals surface area contributed by atoms with Gasteiger partial charge >= 0.3 is 5.97 Å². The molecule has 1 aliphatic carbocycles. The Morgan fingerprint density at radius 1 is 1.25 bits per heavy atom. The summed E-state index contributed by atoms with van der Waals surface area (Å²) in [7, 11) is 0. The molecule has 0 radical (unpaired) electrons. The van der Waals surface area contributed by atoms with Gasteiger partial charge in [-0.05, 0) is 25.7 Å². The third-order valence-electron chi connectivity index (χ3n) is 4.63. The van der Waals surface area contributed by atoms with Gasteiger partial charge in [-0.15, -0.1) is 0 Å². The molecule has 2 rings (SSSR count). The zero-order valence-electron chi connectivity index (χ0n) is 12.9.